The molecule has 6 nitrogen and oxygen atoms in total. The van der Waals surface area contributed by atoms with E-state index in [1.165, 1.54) is 0 Å². The number of aromatic amines is 1. The third kappa shape index (κ3) is 2.91. The Morgan fingerprint density at radius 2 is 2.09 bits per heavy atom. The number of rotatable bonds is 3. The minimum Gasteiger partial charge on any atom is -0.357 e. The summed E-state index contributed by atoms with van der Waals surface area (Å²) in [6, 6.07) is 1.98. The van der Waals surface area contributed by atoms with Crippen LogP contribution >= 0.6 is 23.7 Å². The molecule has 1 saturated carbocycles. The van der Waals surface area contributed by atoms with Crippen LogP contribution in [0.2, 0.25) is 0 Å². The molecule has 1 fully saturated rings. The van der Waals surface area contributed by atoms with Crippen molar-refractivity contribution in [1.82, 2.24) is 20.1 Å². The summed E-state index contributed by atoms with van der Waals surface area (Å²) in [7, 11) is 0. The van der Waals surface area contributed by atoms with Crippen LogP contribution in [0.15, 0.2) is 22.2 Å². The van der Waals surface area contributed by atoms with Crippen LogP contribution in [0.4, 0.5) is 0 Å². The quantitative estimate of drug-likeness (QED) is 0.751. The van der Waals surface area contributed by atoms with Gasteiger partial charge >= 0.3 is 0 Å². The van der Waals surface area contributed by atoms with Crippen molar-refractivity contribution in [2.75, 3.05) is 0 Å². The number of nitrogens with one attached hydrogen (secondary N) is 1. The molecule has 3 aromatic heterocycles. The lowest BCUT2D eigenvalue weighted by molar-refractivity contribution is 0.372. The number of hydrogen-bond acceptors (Lipinski definition) is 6. The summed E-state index contributed by atoms with van der Waals surface area (Å²) in [5.41, 5.74) is 8.70. The third-order valence-electron chi connectivity index (χ3n) is 4.20. The SMILES string of the molecule is Cc1nc(-c2c[nH]c(-c3nc(C4(N)CCCC4)no3)c2)cs1.Cl. The number of hydrogen-bond donors (Lipinski definition) is 2. The van der Waals surface area contributed by atoms with Gasteiger partial charge in [0.05, 0.1) is 16.2 Å². The first-order chi connectivity index (χ1) is 10.6. The number of nitrogens with zero attached hydrogens (tertiary/aromatic N) is 3. The minimum atomic E-state index is -0.427. The van der Waals surface area contributed by atoms with Crippen molar-refractivity contribution >= 4 is 23.7 Å². The Morgan fingerprint density at radius 1 is 1.30 bits per heavy atom. The Hall–Kier alpha value is -1.70. The van der Waals surface area contributed by atoms with Crippen LogP contribution in [0.25, 0.3) is 22.8 Å². The summed E-state index contributed by atoms with van der Waals surface area (Å²) >= 11 is 1.63. The summed E-state index contributed by atoms with van der Waals surface area (Å²) in [6.45, 7) is 1.99. The molecule has 1 aliphatic rings. The van der Waals surface area contributed by atoms with Crippen LogP contribution in [0.3, 0.4) is 0 Å². The maximum Gasteiger partial charge on any atom is 0.274 e. The lowest BCUT2D eigenvalue weighted by atomic mass is 9.99. The van der Waals surface area contributed by atoms with Gasteiger partial charge in [-0.1, -0.05) is 18.0 Å². The molecule has 0 radical (unpaired) electrons. The molecule has 0 aromatic carbocycles. The Kier molecular flexibility index (Phi) is 4.27. The lowest BCUT2D eigenvalue weighted by Gasteiger charge is -2.17. The summed E-state index contributed by atoms with van der Waals surface area (Å²) in [6.07, 6.45) is 5.98. The molecular weight excluding hydrogens is 334 g/mol. The zero-order valence-corrected chi connectivity index (χ0v) is 14.3. The van der Waals surface area contributed by atoms with Crippen LogP contribution in [0, 0.1) is 6.92 Å². The molecule has 0 saturated heterocycles. The highest BCUT2D eigenvalue weighted by molar-refractivity contribution is 7.09. The highest BCUT2D eigenvalue weighted by Gasteiger charge is 2.36. The van der Waals surface area contributed by atoms with Crippen LogP contribution in [-0.4, -0.2) is 20.1 Å². The minimum absolute atomic E-state index is 0. The van der Waals surface area contributed by atoms with E-state index >= 15 is 0 Å². The van der Waals surface area contributed by atoms with Crippen LogP contribution < -0.4 is 5.73 Å². The van der Waals surface area contributed by atoms with E-state index in [1.807, 2.05) is 24.6 Å². The van der Waals surface area contributed by atoms with E-state index in [-0.39, 0.29) is 12.4 Å². The number of halogens is 1. The predicted octanol–water partition coefficient (Wildman–Crippen LogP) is 3.65. The molecule has 0 aliphatic heterocycles. The van der Waals surface area contributed by atoms with Gasteiger partial charge < -0.3 is 15.2 Å². The van der Waals surface area contributed by atoms with Gasteiger partial charge in [0.15, 0.2) is 5.82 Å². The molecule has 8 heteroatoms. The fourth-order valence-electron chi connectivity index (χ4n) is 2.93. The Balaban J connectivity index is 0.00000156. The number of aromatic nitrogens is 4. The second kappa shape index (κ2) is 6.07. The van der Waals surface area contributed by atoms with Gasteiger partial charge in [0.25, 0.3) is 5.89 Å². The highest BCUT2D eigenvalue weighted by atomic mass is 35.5. The zero-order valence-electron chi connectivity index (χ0n) is 12.7. The average Bonchev–Trinajstić information content (AvgIpc) is 3.25. The molecule has 3 heterocycles. The topological polar surface area (TPSA) is 93.6 Å². The van der Waals surface area contributed by atoms with Gasteiger partial charge in [-0.25, -0.2) is 4.98 Å². The van der Waals surface area contributed by atoms with Crippen LogP contribution in [0.5, 0.6) is 0 Å². The lowest BCUT2D eigenvalue weighted by Crippen LogP contribution is -2.34. The van der Waals surface area contributed by atoms with Crippen molar-refractivity contribution in [3.05, 3.63) is 28.5 Å². The second-order valence-corrected chi connectivity index (χ2v) is 6.90. The molecule has 0 spiro atoms. The third-order valence-corrected chi connectivity index (χ3v) is 4.97. The second-order valence-electron chi connectivity index (χ2n) is 5.84. The van der Waals surface area contributed by atoms with Gasteiger partial charge in [0, 0.05) is 17.1 Å². The molecule has 3 N–H and O–H groups in total. The molecular formula is C15H18ClN5OS. The zero-order chi connectivity index (χ0) is 15.2. The molecule has 122 valence electrons. The maximum absolute atomic E-state index is 6.37. The van der Waals surface area contributed by atoms with Crippen molar-refractivity contribution in [2.24, 2.45) is 5.73 Å². The fraction of sp³-hybridized carbons (Fsp3) is 0.400. The van der Waals surface area contributed by atoms with Crippen molar-refractivity contribution < 1.29 is 4.52 Å². The van der Waals surface area contributed by atoms with E-state index in [9.17, 15) is 0 Å². The predicted molar refractivity (Wildman–Crippen MR) is 91.5 cm³/mol. The largest absolute Gasteiger partial charge is 0.357 e. The van der Waals surface area contributed by atoms with Crippen molar-refractivity contribution in [3.8, 4) is 22.8 Å². The van der Waals surface area contributed by atoms with Crippen LogP contribution in [0.1, 0.15) is 36.5 Å². The van der Waals surface area contributed by atoms with Gasteiger partial charge in [-0.2, -0.15) is 4.98 Å². The van der Waals surface area contributed by atoms with E-state index in [0.717, 1.165) is 47.6 Å². The first-order valence-electron chi connectivity index (χ1n) is 7.38. The average molecular weight is 352 g/mol. The molecule has 0 atom stereocenters. The smallest absolute Gasteiger partial charge is 0.274 e. The first-order valence-corrected chi connectivity index (χ1v) is 8.26. The highest BCUT2D eigenvalue weighted by Crippen LogP contribution is 2.35. The molecule has 3 aromatic rings. The van der Waals surface area contributed by atoms with Gasteiger partial charge in [-0.15, -0.1) is 23.7 Å². The Bertz CT molecular complexity index is 802. The Labute approximate surface area is 143 Å². The van der Waals surface area contributed by atoms with E-state index < -0.39 is 5.54 Å². The van der Waals surface area contributed by atoms with Gasteiger partial charge in [0.2, 0.25) is 0 Å². The molecule has 23 heavy (non-hydrogen) atoms. The number of thiazole rings is 1. The number of aryl methyl sites for hydroxylation is 1. The molecule has 1 aliphatic carbocycles. The van der Waals surface area contributed by atoms with Crippen molar-refractivity contribution in [3.63, 3.8) is 0 Å². The molecule has 4 rings (SSSR count). The van der Waals surface area contributed by atoms with Crippen LogP contribution in [-0.2, 0) is 5.54 Å². The Morgan fingerprint density at radius 3 is 2.78 bits per heavy atom. The first kappa shape index (κ1) is 16.2. The standard InChI is InChI=1S/C15H17N5OS.ClH/c1-9-18-12(8-22-9)10-6-11(17-7-10)13-19-14(20-21-13)15(16)4-2-3-5-15;/h6-8,17H,2-5,16H2,1H3;1H. The number of nitrogens with two attached hydrogens (primary N) is 1. The summed E-state index contributed by atoms with van der Waals surface area (Å²) in [5, 5.41) is 7.17. The fourth-order valence-corrected chi connectivity index (χ4v) is 3.55. The summed E-state index contributed by atoms with van der Waals surface area (Å²) < 4.78 is 5.39. The van der Waals surface area contributed by atoms with E-state index in [0.29, 0.717) is 11.7 Å². The van der Waals surface area contributed by atoms with Gasteiger partial charge in [0.1, 0.15) is 5.69 Å². The van der Waals surface area contributed by atoms with Crippen molar-refractivity contribution in [1.29, 1.82) is 0 Å². The van der Waals surface area contributed by atoms with E-state index in [2.05, 4.69) is 20.1 Å². The van der Waals surface area contributed by atoms with E-state index in [4.69, 9.17) is 10.3 Å². The summed E-state index contributed by atoms with van der Waals surface area (Å²) in [4.78, 5) is 12.1. The van der Waals surface area contributed by atoms with Gasteiger partial charge in [-0.3, -0.25) is 0 Å². The molecule has 0 amide bonds. The number of H-pyrrole nitrogens is 1. The van der Waals surface area contributed by atoms with Crippen molar-refractivity contribution in [2.45, 2.75) is 38.1 Å². The molecule has 0 bridgehead atoms. The molecule has 0 unspecified atom stereocenters. The normalized spacial score (nSPS) is 16.4. The van der Waals surface area contributed by atoms with E-state index in [1.54, 1.807) is 11.3 Å². The van der Waals surface area contributed by atoms with Gasteiger partial charge in [-0.05, 0) is 25.8 Å². The monoisotopic (exact) mass is 351 g/mol. The summed E-state index contributed by atoms with van der Waals surface area (Å²) in [5.74, 6) is 1.09. The maximum atomic E-state index is 6.37.